The Balaban J connectivity index is 2.03. The van der Waals surface area contributed by atoms with E-state index in [1.54, 1.807) is 0 Å². The fraction of sp³-hybridized carbons (Fsp3) is 0.438. The van der Waals surface area contributed by atoms with E-state index in [0.717, 1.165) is 12.5 Å². The molecule has 18 heavy (non-hydrogen) atoms. The third-order valence-electron chi connectivity index (χ3n) is 4.19. The van der Waals surface area contributed by atoms with Crippen molar-refractivity contribution in [3.8, 4) is 0 Å². The van der Waals surface area contributed by atoms with Crippen molar-refractivity contribution in [2.45, 2.75) is 25.2 Å². The number of nitrogens with zero attached hydrogens (tertiary/aromatic N) is 1. The zero-order chi connectivity index (χ0) is 12.4. The van der Waals surface area contributed by atoms with Crippen molar-refractivity contribution in [1.29, 1.82) is 0 Å². The number of pyridine rings is 1. The van der Waals surface area contributed by atoms with Gasteiger partial charge in [0.1, 0.15) is 0 Å². The van der Waals surface area contributed by atoms with Crippen LogP contribution in [0.25, 0.3) is 10.9 Å². The second-order valence-corrected chi connectivity index (χ2v) is 5.28. The van der Waals surface area contributed by atoms with Gasteiger partial charge in [-0.05, 0) is 49.9 Å². The van der Waals surface area contributed by atoms with E-state index in [0.29, 0.717) is 5.92 Å². The van der Waals surface area contributed by atoms with Crippen LogP contribution < -0.4 is 5.32 Å². The quantitative estimate of drug-likeness (QED) is 0.890. The van der Waals surface area contributed by atoms with Crippen molar-refractivity contribution in [3.05, 3.63) is 42.1 Å². The molecular weight excluding hydrogens is 220 g/mol. The van der Waals surface area contributed by atoms with Gasteiger partial charge in [-0.1, -0.05) is 30.7 Å². The van der Waals surface area contributed by atoms with Crippen LogP contribution in [0.4, 0.5) is 0 Å². The number of benzene rings is 1. The van der Waals surface area contributed by atoms with E-state index in [9.17, 15) is 0 Å². The minimum atomic E-state index is 0.677. The Morgan fingerprint density at radius 3 is 3.00 bits per heavy atom. The van der Waals surface area contributed by atoms with Crippen molar-refractivity contribution in [2.24, 2.45) is 5.92 Å². The molecule has 1 aliphatic carbocycles. The van der Waals surface area contributed by atoms with Crippen LogP contribution in [0.1, 0.15) is 30.7 Å². The fourth-order valence-corrected chi connectivity index (χ4v) is 3.38. The number of rotatable bonds is 3. The highest BCUT2D eigenvalue weighted by Crippen LogP contribution is 2.41. The van der Waals surface area contributed by atoms with Crippen LogP contribution in [-0.4, -0.2) is 18.6 Å². The molecule has 2 aromatic rings. The standard InChI is InChI=1S/C16H20N2/c1-17-11-13-6-3-8-14(13)15-9-2-5-12-7-4-10-18-16(12)15/h2,4-5,7,9-10,13-14,17H,3,6,8,11H2,1H3. The summed E-state index contributed by atoms with van der Waals surface area (Å²) < 4.78 is 0. The molecule has 2 atom stereocenters. The zero-order valence-corrected chi connectivity index (χ0v) is 10.9. The van der Waals surface area contributed by atoms with Gasteiger partial charge in [0.25, 0.3) is 0 Å². The van der Waals surface area contributed by atoms with Crippen LogP contribution in [-0.2, 0) is 0 Å². The summed E-state index contributed by atoms with van der Waals surface area (Å²) in [5, 5.41) is 4.61. The molecule has 0 amide bonds. The number of para-hydroxylation sites is 1. The monoisotopic (exact) mass is 240 g/mol. The van der Waals surface area contributed by atoms with Crippen molar-refractivity contribution in [2.75, 3.05) is 13.6 Å². The highest BCUT2D eigenvalue weighted by molar-refractivity contribution is 5.82. The Bertz CT molecular complexity index is 530. The van der Waals surface area contributed by atoms with E-state index >= 15 is 0 Å². The topological polar surface area (TPSA) is 24.9 Å². The predicted octanol–water partition coefficient (Wildman–Crippen LogP) is 3.34. The molecule has 0 saturated heterocycles. The van der Waals surface area contributed by atoms with E-state index in [-0.39, 0.29) is 0 Å². The van der Waals surface area contributed by atoms with Crippen molar-refractivity contribution >= 4 is 10.9 Å². The largest absolute Gasteiger partial charge is 0.319 e. The van der Waals surface area contributed by atoms with Gasteiger partial charge in [-0.25, -0.2) is 0 Å². The summed E-state index contributed by atoms with van der Waals surface area (Å²) in [6.45, 7) is 1.12. The van der Waals surface area contributed by atoms with Crippen molar-refractivity contribution in [1.82, 2.24) is 10.3 Å². The molecule has 1 aromatic carbocycles. The summed E-state index contributed by atoms with van der Waals surface area (Å²) in [6, 6.07) is 10.8. The second kappa shape index (κ2) is 5.07. The molecule has 1 fully saturated rings. The van der Waals surface area contributed by atoms with Gasteiger partial charge in [-0.15, -0.1) is 0 Å². The molecule has 94 valence electrons. The summed E-state index contributed by atoms with van der Waals surface area (Å²) >= 11 is 0. The lowest BCUT2D eigenvalue weighted by Crippen LogP contribution is -2.21. The predicted molar refractivity (Wildman–Crippen MR) is 75.8 cm³/mol. The van der Waals surface area contributed by atoms with Gasteiger partial charge in [-0.2, -0.15) is 0 Å². The Labute approximate surface area is 108 Å². The summed E-state index contributed by atoms with van der Waals surface area (Å²) in [5.41, 5.74) is 2.65. The number of aromatic nitrogens is 1. The normalized spacial score (nSPS) is 23.6. The zero-order valence-electron chi connectivity index (χ0n) is 10.9. The van der Waals surface area contributed by atoms with E-state index in [1.807, 2.05) is 12.3 Å². The Morgan fingerprint density at radius 1 is 1.22 bits per heavy atom. The molecule has 2 nitrogen and oxygen atoms in total. The molecule has 2 heteroatoms. The number of hydrogen-bond acceptors (Lipinski definition) is 2. The van der Waals surface area contributed by atoms with Crippen molar-refractivity contribution in [3.63, 3.8) is 0 Å². The van der Waals surface area contributed by atoms with Crippen molar-refractivity contribution < 1.29 is 0 Å². The molecule has 0 aliphatic heterocycles. The van der Waals surface area contributed by atoms with E-state index in [2.05, 4.69) is 41.6 Å². The fourth-order valence-electron chi connectivity index (χ4n) is 3.38. The molecule has 0 spiro atoms. The molecule has 1 aromatic heterocycles. The maximum Gasteiger partial charge on any atom is 0.0736 e. The van der Waals surface area contributed by atoms with Gasteiger partial charge in [0.05, 0.1) is 5.52 Å². The van der Waals surface area contributed by atoms with Gasteiger partial charge < -0.3 is 5.32 Å². The van der Waals surface area contributed by atoms with E-state index in [4.69, 9.17) is 0 Å². The maximum absolute atomic E-state index is 4.60. The van der Waals surface area contributed by atoms with Crippen LogP contribution in [0.3, 0.4) is 0 Å². The third-order valence-corrected chi connectivity index (χ3v) is 4.19. The van der Waals surface area contributed by atoms with Gasteiger partial charge in [0.2, 0.25) is 0 Å². The summed E-state index contributed by atoms with van der Waals surface area (Å²) in [7, 11) is 2.05. The SMILES string of the molecule is CNCC1CCCC1c1cccc2cccnc12. The van der Waals surface area contributed by atoms with E-state index < -0.39 is 0 Å². The maximum atomic E-state index is 4.60. The number of nitrogens with one attached hydrogen (secondary N) is 1. The smallest absolute Gasteiger partial charge is 0.0736 e. The molecular formula is C16H20N2. The molecule has 2 unspecified atom stereocenters. The molecule has 1 N–H and O–H groups in total. The molecule has 0 radical (unpaired) electrons. The minimum absolute atomic E-state index is 0.677. The van der Waals surface area contributed by atoms with Crippen LogP contribution >= 0.6 is 0 Å². The Kier molecular flexibility index (Phi) is 3.28. The van der Waals surface area contributed by atoms with Crippen LogP contribution in [0.2, 0.25) is 0 Å². The number of fused-ring (bicyclic) bond motifs is 1. The summed E-state index contributed by atoms with van der Waals surface area (Å²) in [6.07, 6.45) is 5.91. The number of hydrogen-bond donors (Lipinski definition) is 1. The Hall–Kier alpha value is -1.41. The van der Waals surface area contributed by atoms with Crippen LogP contribution in [0.15, 0.2) is 36.5 Å². The molecule has 0 bridgehead atoms. The first-order valence-electron chi connectivity index (χ1n) is 6.88. The molecule has 1 saturated carbocycles. The highest BCUT2D eigenvalue weighted by Gasteiger charge is 2.29. The van der Waals surface area contributed by atoms with Gasteiger partial charge in [0.15, 0.2) is 0 Å². The molecule has 3 rings (SSSR count). The lowest BCUT2D eigenvalue weighted by molar-refractivity contribution is 0.464. The van der Waals surface area contributed by atoms with Gasteiger partial charge in [0, 0.05) is 11.6 Å². The minimum Gasteiger partial charge on any atom is -0.319 e. The molecule has 1 heterocycles. The average molecular weight is 240 g/mol. The lowest BCUT2D eigenvalue weighted by atomic mass is 9.87. The first-order valence-corrected chi connectivity index (χ1v) is 6.88. The summed E-state index contributed by atoms with van der Waals surface area (Å²) in [5.74, 6) is 1.44. The first kappa shape index (κ1) is 11.7. The highest BCUT2D eigenvalue weighted by atomic mass is 14.8. The van der Waals surface area contributed by atoms with E-state index in [1.165, 1.54) is 35.7 Å². The van der Waals surface area contributed by atoms with Gasteiger partial charge in [-0.3, -0.25) is 4.98 Å². The van der Waals surface area contributed by atoms with Crippen LogP contribution in [0, 0.1) is 5.92 Å². The first-order chi connectivity index (χ1) is 8.90. The lowest BCUT2D eigenvalue weighted by Gasteiger charge is -2.20. The Morgan fingerprint density at radius 2 is 2.11 bits per heavy atom. The van der Waals surface area contributed by atoms with Gasteiger partial charge >= 0.3 is 0 Å². The molecule has 1 aliphatic rings. The second-order valence-electron chi connectivity index (χ2n) is 5.28. The third kappa shape index (κ3) is 2.01. The average Bonchev–Trinajstić information content (AvgIpc) is 2.87. The summed E-state index contributed by atoms with van der Waals surface area (Å²) in [4.78, 5) is 4.60. The van der Waals surface area contributed by atoms with Crippen LogP contribution in [0.5, 0.6) is 0 Å².